The zero-order valence-corrected chi connectivity index (χ0v) is 14.8. The molecular weight excluding hydrogens is 252 g/mol. The number of rotatable bonds is 2. The summed E-state index contributed by atoms with van der Waals surface area (Å²) in [5.74, 6) is 0.569. The molecule has 110 valence electrons. The van der Waals surface area contributed by atoms with Crippen molar-refractivity contribution in [3.63, 3.8) is 0 Å². The molecule has 3 heteroatoms. The van der Waals surface area contributed by atoms with Gasteiger partial charge in [0.1, 0.15) is 5.60 Å². The molecule has 0 spiro atoms. The molecule has 1 fully saturated rings. The van der Waals surface area contributed by atoms with Crippen molar-refractivity contribution in [3.05, 3.63) is 12.3 Å². The molecule has 0 saturated heterocycles. The molecule has 2 nitrogen and oxygen atoms in total. The highest BCUT2D eigenvalue weighted by atomic mass is 28.4. The lowest BCUT2D eigenvalue weighted by Gasteiger charge is -2.61. The second-order valence-electron chi connectivity index (χ2n) is 8.55. The van der Waals surface area contributed by atoms with Gasteiger partial charge in [0.15, 0.2) is 8.32 Å². The molecule has 2 rings (SSSR count). The van der Waals surface area contributed by atoms with Crippen LogP contribution in [0.2, 0.25) is 18.1 Å². The fraction of sp³-hybridized carbons (Fsp3) is 0.875. The largest absolute Gasteiger partial charge is 0.495 e. The maximum absolute atomic E-state index is 6.64. The van der Waals surface area contributed by atoms with Gasteiger partial charge in [-0.25, -0.2) is 0 Å². The first kappa shape index (κ1) is 15.1. The Labute approximate surface area is 119 Å². The molecule has 1 aliphatic heterocycles. The Morgan fingerprint density at radius 3 is 2.32 bits per heavy atom. The van der Waals surface area contributed by atoms with Crippen molar-refractivity contribution in [2.45, 2.75) is 77.8 Å². The van der Waals surface area contributed by atoms with E-state index < -0.39 is 8.32 Å². The van der Waals surface area contributed by atoms with Gasteiger partial charge >= 0.3 is 0 Å². The molecule has 0 amide bonds. The van der Waals surface area contributed by atoms with E-state index in [1.165, 1.54) is 0 Å². The van der Waals surface area contributed by atoms with Gasteiger partial charge in [0.25, 0.3) is 0 Å². The molecule has 3 atom stereocenters. The summed E-state index contributed by atoms with van der Waals surface area (Å²) in [4.78, 5) is 0. The van der Waals surface area contributed by atoms with Crippen LogP contribution in [0.3, 0.4) is 0 Å². The van der Waals surface area contributed by atoms with Crippen molar-refractivity contribution in [1.82, 2.24) is 0 Å². The highest BCUT2D eigenvalue weighted by Crippen LogP contribution is 2.58. The molecule has 0 N–H and O–H groups in total. The minimum atomic E-state index is -1.68. The summed E-state index contributed by atoms with van der Waals surface area (Å²) in [5.41, 5.74) is 0.0913. The molecule has 0 radical (unpaired) electrons. The van der Waals surface area contributed by atoms with Crippen molar-refractivity contribution in [2.24, 2.45) is 11.3 Å². The zero-order valence-electron chi connectivity index (χ0n) is 13.8. The molecule has 19 heavy (non-hydrogen) atoms. The Hall–Kier alpha value is -0.283. The summed E-state index contributed by atoms with van der Waals surface area (Å²) in [5, 5.41) is 0.277. The van der Waals surface area contributed by atoms with Gasteiger partial charge in [0.2, 0.25) is 0 Å². The minimum Gasteiger partial charge on any atom is -0.495 e. The number of fused-ring (bicyclic) bond motifs is 1. The third-order valence-electron chi connectivity index (χ3n) is 5.78. The summed E-state index contributed by atoms with van der Waals surface area (Å²) in [6.07, 6.45) is 5.60. The minimum absolute atomic E-state index is 0.0587. The lowest BCUT2D eigenvalue weighted by molar-refractivity contribution is -0.172. The molecule has 0 bridgehead atoms. The lowest BCUT2D eigenvalue weighted by atomic mass is 9.53. The first-order valence-electron chi connectivity index (χ1n) is 7.43. The second-order valence-corrected chi connectivity index (χ2v) is 13.3. The van der Waals surface area contributed by atoms with E-state index in [0.29, 0.717) is 12.0 Å². The van der Waals surface area contributed by atoms with Crippen LogP contribution in [0.5, 0.6) is 0 Å². The van der Waals surface area contributed by atoms with E-state index in [2.05, 4.69) is 60.7 Å². The van der Waals surface area contributed by atoms with Crippen molar-refractivity contribution < 1.29 is 9.16 Å². The quantitative estimate of drug-likeness (QED) is 0.682. The van der Waals surface area contributed by atoms with Gasteiger partial charge in [-0.3, -0.25) is 0 Å². The van der Waals surface area contributed by atoms with Gasteiger partial charge in [0.05, 0.1) is 12.4 Å². The Balaban J connectivity index is 2.15. The second kappa shape index (κ2) is 4.11. The molecule has 1 heterocycles. The average Bonchev–Trinajstić information content (AvgIpc) is 2.19. The van der Waals surface area contributed by atoms with Crippen LogP contribution in [-0.2, 0) is 9.16 Å². The Kier molecular flexibility index (Phi) is 3.27. The summed E-state index contributed by atoms with van der Waals surface area (Å²) in [6.45, 7) is 18.3. The molecule has 2 aliphatic rings. The Bertz CT molecular complexity index is 392. The van der Waals surface area contributed by atoms with Crippen LogP contribution in [0.25, 0.3) is 0 Å². The van der Waals surface area contributed by atoms with Crippen molar-refractivity contribution in [3.8, 4) is 0 Å². The van der Waals surface area contributed by atoms with Crippen LogP contribution in [0.15, 0.2) is 12.3 Å². The van der Waals surface area contributed by atoms with Crippen LogP contribution in [0.1, 0.15) is 48.0 Å². The standard InChI is InChI=1S/C16H30O2Si/c1-14(2,3)19(7,8)18-13-11-12-15(4,5)17-10-9-16(12,13)6/h9-10,12-13H,11H2,1-8H3/t12-,13-,16+/m0/s1. The van der Waals surface area contributed by atoms with E-state index in [9.17, 15) is 0 Å². The molecular formula is C16H30O2Si. The fourth-order valence-corrected chi connectivity index (χ4v) is 4.60. The summed E-state index contributed by atoms with van der Waals surface area (Å²) < 4.78 is 12.4. The Morgan fingerprint density at radius 1 is 1.21 bits per heavy atom. The molecule has 0 unspecified atom stereocenters. The monoisotopic (exact) mass is 282 g/mol. The van der Waals surface area contributed by atoms with Crippen LogP contribution < -0.4 is 0 Å². The van der Waals surface area contributed by atoms with Gasteiger partial charge in [-0.05, 0) is 44.5 Å². The van der Waals surface area contributed by atoms with Crippen LogP contribution in [0, 0.1) is 11.3 Å². The van der Waals surface area contributed by atoms with Crippen LogP contribution in [-0.4, -0.2) is 20.0 Å². The SMILES string of the molecule is CC1(C)OC=C[C@@]2(C)[C@@H](O[Si](C)(C)C(C)(C)C)C[C@@H]12. The number of hydrogen-bond donors (Lipinski definition) is 0. The summed E-state index contributed by atoms with van der Waals surface area (Å²) >= 11 is 0. The smallest absolute Gasteiger partial charge is 0.192 e. The predicted octanol–water partition coefficient (Wildman–Crippen LogP) is 4.73. The van der Waals surface area contributed by atoms with Crippen LogP contribution in [0.4, 0.5) is 0 Å². The van der Waals surface area contributed by atoms with Gasteiger partial charge in [-0.1, -0.05) is 27.7 Å². The molecule has 0 aromatic carbocycles. The maximum atomic E-state index is 6.64. The third kappa shape index (κ3) is 2.29. The van der Waals surface area contributed by atoms with E-state index >= 15 is 0 Å². The van der Waals surface area contributed by atoms with Gasteiger partial charge < -0.3 is 9.16 Å². The van der Waals surface area contributed by atoms with E-state index in [4.69, 9.17) is 9.16 Å². The average molecular weight is 282 g/mol. The number of hydrogen-bond acceptors (Lipinski definition) is 2. The third-order valence-corrected chi connectivity index (χ3v) is 10.3. The molecule has 1 aliphatic carbocycles. The van der Waals surface area contributed by atoms with E-state index in [1.807, 2.05) is 6.26 Å². The fourth-order valence-electron chi connectivity index (χ4n) is 3.19. The summed E-state index contributed by atoms with van der Waals surface area (Å²) in [7, 11) is -1.68. The molecule has 0 aromatic heterocycles. The first-order chi connectivity index (χ1) is 8.40. The highest BCUT2D eigenvalue weighted by molar-refractivity contribution is 6.74. The van der Waals surface area contributed by atoms with Gasteiger partial charge in [0, 0.05) is 11.3 Å². The maximum Gasteiger partial charge on any atom is 0.192 e. The Morgan fingerprint density at radius 2 is 1.79 bits per heavy atom. The van der Waals surface area contributed by atoms with E-state index in [-0.39, 0.29) is 16.1 Å². The topological polar surface area (TPSA) is 18.5 Å². The highest BCUT2D eigenvalue weighted by Gasteiger charge is 2.60. The van der Waals surface area contributed by atoms with E-state index in [1.54, 1.807) is 0 Å². The van der Waals surface area contributed by atoms with Gasteiger partial charge in [-0.15, -0.1) is 0 Å². The van der Waals surface area contributed by atoms with Gasteiger partial charge in [-0.2, -0.15) is 0 Å². The summed E-state index contributed by atoms with van der Waals surface area (Å²) in [6, 6.07) is 0. The normalized spacial score (nSPS) is 37.3. The van der Waals surface area contributed by atoms with Crippen molar-refractivity contribution in [1.29, 1.82) is 0 Å². The number of ether oxygens (including phenoxy) is 1. The van der Waals surface area contributed by atoms with Crippen molar-refractivity contribution >= 4 is 8.32 Å². The first-order valence-corrected chi connectivity index (χ1v) is 10.3. The van der Waals surface area contributed by atoms with Crippen LogP contribution >= 0.6 is 0 Å². The molecule has 0 aromatic rings. The predicted molar refractivity (Wildman–Crippen MR) is 82.6 cm³/mol. The molecule has 1 saturated carbocycles. The lowest BCUT2D eigenvalue weighted by Crippen LogP contribution is -2.64. The zero-order chi connectivity index (χ0) is 14.7. The van der Waals surface area contributed by atoms with Crippen molar-refractivity contribution in [2.75, 3.05) is 0 Å². The van der Waals surface area contributed by atoms with E-state index in [0.717, 1.165) is 6.42 Å².